The number of amides is 6. The largest absolute Gasteiger partial charge is 0.497 e. The first-order valence-electron chi connectivity index (χ1n) is 43.9. The molecule has 0 unspecified atom stereocenters. The number of aromatic nitrogens is 18. The molecular weight excluding hydrogens is 1840 g/mol. The summed E-state index contributed by atoms with van der Waals surface area (Å²) in [6.45, 7) is 15.0. The van der Waals surface area contributed by atoms with Crippen LogP contribution >= 0.6 is 23.2 Å². The van der Waals surface area contributed by atoms with Crippen molar-refractivity contribution in [1.29, 1.82) is 0 Å². The van der Waals surface area contributed by atoms with Gasteiger partial charge in [0.25, 0.3) is 35.4 Å². The SMILES string of the molecule is COc1cc(NC(=O)c2cnccn2)c2ncccc2c1.COc1cc(NC(=O)c2ncccn2)c2ncccc2c1.Cc1cnc(C(=O)Nc2cc(Cl)cc3cccnc23)cn1.Cc1cnc(C(=O)Nc2cc(Cl)cc3cccnc23)nc1.Cc1cnc(C(=O)Nc2cc(OCCN3CCOCC3)cc3cccnc23)cn1.O=C(Nc1cc(OCCN2CCOCC2)cc2cccnc12)c1cnccn1. The van der Waals surface area contributed by atoms with Gasteiger partial charge in [-0.15, -0.1) is 0 Å². The molecule has 2 fully saturated rings. The van der Waals surface area contributed by atoms with Crippen molar-refractivity contribution in [3.8, 4) is 23.0 Å². The van der Waals surface area contributed by atoms with Gasteiger partial charge in [-0.2, -0.15) is 0 Å². The standard InChI is InChI=1S/C21H23N5O3.C20H21N5O3.2C15H11ClN4O.2C15H12N4O2/c1-15-13-24-19(14-23-15)21(27)25-18-12-17(11-16-3-2-4-22-20(16)18)29-10-7-26-5-8-28-9-6-26;26-20(18-14-21-4-5-22-18)24-17-13-16(12-15-2-1-3-23-19(15)17)28-11-8-25-6-9-27-10-7-25;1-9-7-19-13(8-18-9)15(21)20-12-6-11(16)5-10-3-2-4-17-14(10)12;1-9-7-18-14(19-8-9)15(21)20-12-6-11(16)5-10-3-2-4-17-13(10)12;1-21-11-8-10-4-2-5-16-13(10)12(9-11)19-15(20)14-17-6-3-7-18-14;1-21-11-7-10-3-2-4-18-14(10)12(8-11)19-15(20)13-9-16-5-6-17-13/h2-4,11-14H,5-10H2,1H3,(H,25,27);1-5,12-14H,6-11H2,(H,24,26);2*2-8H,1H3,(H,20,21);2*2-9H,1H3,(H,19,20). The van der Waals surface area contributed by atoms with E-state index in [1.807, 2.05) is 118 Å². The molecule has 710 valence electrons. The molecule has 40 heteroatoms. The smallest absolute Gasteiger partial charge is 0.293 e. The number of fused-ring (bicyclic) bond motifs is 6. The van der Waals surface area contributed by atoms with E-state index in [0.29, 0.717) is 113 Å². The number of pyridine rings is 6. The summed E-state index contributed by atoms with van der Waals surface area (Å²) in [5.74, 6) is 0.687. The van der Waals surface area contributed by atoms with Gasteiger partial charge in [0, 0.05) is 205 Å². The molecule has 14 heterocycles. The molecule has 2 aliphatic rings. The highest BCUT2D eigenvalue weighted by molar-refractivity contribution is 6.32. The van der Waals surface area contributed by atoms with Crippen LogP contribution < -0.4 is 50.8 Å². The third kappa shape index (κ3) is 27.6. The molecule has 12 aromatic heterocycles. The molecule has 38 nitrogen and oxygen atoms in total. The van der Waals surface area contributed by atoms with Crippen LogP contribution in [-0.2, 0) is 9.47 Å². The fourth-order valence-corrected chi connectivity index (χ4v) is 14.5. The van der Waals surface area contributed by atoms with Crippen LogP contribution in [0.1, 0.15) is 80.1 Å². The molecule has 0 bridgehead atoms. The van der Waals surface area contributed by atoms with E-state index in [9.17, 15) is 28.8 Å². The molecule has 2 aliphatic heterocycles. The zero-order valence-electron chi connectivity index (χ0n) is 76.6. The van der Waals surface area contributed by atoms with Crippen molar-refractivity contribution < 1.29 is 57.2 Å². The van der Waals surface area contributed by atoms with Crippen LogP contribution in [0.3, 0.4) is 0 Å². The average Bonchev–Trinajstić information content (AvgIpc) is 0.834. The number of carbonyl (C=O) groups excluding carboxylic acids is 6. The van der Waals surface area contributed by atoms with Gasteiger partial charge in [-0.05, 0) is 117 Å². The molecule has 0 aliphatic carbocycles. The highest BCUT2D eigenvalue weighted by atomic mass is 35.5. The van der Waals surface area contributed by atoms with Crippen LogP contribution in [0.5, 0.6) is 23.0 Å². The third-order valence-corrected chi connectivity index (χ3v) is 21.4. The molecule has 6 N–H and O–H groups in total. The Morgan fingerprint density at radius 1 is 0.305 bits per heavy atom. The monoisotopic (exact) mass is 1930 g/mol. The van der Waals surface area contributed by atoms with E-state index in [1.165, 1.54) is 62.0 Å². The highest BCUT2D eigenvalue weighted by Crippen LogP contribution is 2.35. The summed E-state index contributed by atoms with van der Waals surface area (Å²) in [5.41, 5.74) is 10.8. The number of ether oxygens (including phenoxy) is 6. The number of aryl methyl sites for hydroxylation is 3. The Balaban J connectivity index is 0.000000129. The van der Waals surface area contributed by atoms with Gasteiger partial charge in [0.1, 0.15) is 59.0 Å². The average molecular weight is 1930 g/mol. The lowest BCUT2D eigenvalue weighted by atomic mass is 10.1. The summed E-state index contributed by atoms with van der Waals surface area (Å²) >= 11 is 12.1. The predicted octanol–water partition coefficient (Wildman–Crippen LogP) is 15.3. The lowest BCUT2D eigenvalue weighted by molar-refractivity contribution is 0.0322. The maximum atomic E-state index is 12.6. The van der Waals surface area contributed by atoms with Gasteiger partial charge in [0.05, 0.1) is 144 Å². The Morgan fingerprint density at radius 2 is 0.603 bits per heavy atom. The van der Waals surface area contributed by atoms with Gasteiger partial charge in [-0.25, -0.2) is 39.9 Å². The number of nitrogens with zero attached hydrogens (tertiary/aromatic N) is 20. The van der Waals surface area contributed by atoms with E-state index in [-0.39, 0.29) is 58.1 Å². The van der Waals surface area contributed by atoms with Crippen molar-refractivity contribution in [2.75, 3.05) is 125 Å². The Hall–Kier alpha value is -17.3. The van der Waals surface area contributed by atoms with E-state index in [2.05, 4.69) is 131 Å². The number of anilines is 6. The summed E-state index contributed by atoms with van der Waals surface area (Å²) in [6.07, 6.45) is 31.1. The number of methoxy groups -OCH3 is 2. The second kappa shape index (κ2) is 48.9. The fraction of sp³-hybridized carbons (Fsp3) is 0.168. The first-order valence-corrected chi connectivity index (χ1v) is 44.7. The summed E-state index contributed by atoms with van der Waals surface area (Å²) in [6, 6.07) is 45.6. The molecule has 2 saturated heterocycles. The van der Waals surface area contributed by atoms with Crippen LogP contribution in [0.2, 0.25) is 10.0 Å². The molecule has 20 rings (SSSR count). The van der Waals surface area contributed by atoms with E-state index < -0.39 is 11.8 Å². The summed E-state index contributed by atoms with van der Waals surface area (Å²) in [4.78, 5) is 152. The minimum absolute atomic E-state index is 0.101. The van der Waals surface area contributed by atoms with Crippen molar-refractivity contribution in [2.24, 2.45) is 0 Å². The van der Waals surface area contributed by atoms with Gasteiger partial charge < -0.3 is 60.3 Å². The normalized spacial score (nSPS) is 12.2. The van der Waals surface area contributed by atoms with Crippen molar-refractivity contribution >= 4 is 158 Å². The van der Waals surface area contributed by atoms with Crippen LogP contribution in [-0.4, -0.2) is 228 Å². The first kappa shape index (κ1) is 98.2. The van der Waals surface area contributed by atoms with Crippen molar-refractivity contribution in [1.82, 2.24) is 99.5 Å². The number of halogens is 2. The number of rotatable bonds is 22. The second-order valence-electron chi connectivity index (χ2n) is 30.9. The minimum atomic E-state index is -0.399. The zero-order valence-corrected chi connectivity index (χ0v) is 78.1. The molecule has 0 radical (unpaired) electrons. The second-order valence-corrected chi connectivity index (χ2v) is 31.8. The topological polar surface area (TPSA) is 468 Å². The number of benzene rings is 6. The van der Waals surface area contributed by atoms with Crippen molar-refractivity contribution in [3.63, 3.8) is 0 Å². The Labute approximate surface area is 816 Å². The van der Waals surface area contributed by atoms with Gasteiger partial charge >= 0.3 is 0 Å². The lowest BCUT2D eigenvalue weighted by Crippen LogP contribution is -2.38. The van der Waals surface area contributed by atoms with E-state index in [0.717, 1.165) is 115 Å². The maximum Gasteiger partial charge on any atom is 0.293 e. The van der Waals surface area contributed by atoms with Gasteiger partial charge in [-0.1, -0.05) is 59.6 Å². The summed E-state index contributed by atoms with van der Waals surface area (Å²) in [5, 5.41) is 23.1. The van der Waals surface area contributed by atoms with Crippen molar-refractivity contribution in [2.45, 2.75) is 20.8 Å². The van der Waals surface area contributed by atoms with Crippen LogP contribution in [0.25, 0.3) is 65.4 Å². The molecule has 18 aromatic rings. The predicted molar refractivity (Wildman–Crippen MR) is 533 cm³/mol. The third-order valence-electron chi connectivity index (χ3n) is 20.9. The van der Waals surface area contributed by atoms with E-state index in [1.54, 1.807) is 131 Å². The van der Waals surface area contributed by atoms with Crippen LogP contribution in [0, 0.1) is 20.8 Å². The Bertz CT molecular complexity index is 7130. The number of nitrogens with one attached hydrogen (secondary N) is 6. The van der Waals surface area contributed by atoms with Gasteiger partial charge in [0.2, 0.25) is 11.6 Å². The number of morpholine rings is 2. The van der Waals surface area contributed by atoms with Crippen molar-refractivity contribution in [3.05, 3.63) is 337 Å². The fourth-order valence-electron chi connectivity index (χ4n) is 14.1. The van der Waals surface area contributed by atoms with Crippen LogP contribution in [0.4, 0.5) is 34.1 Å². The van der Waals surface area contributed by atoms with E-state index >= 15 is 0 Å². The molecule has 0 saturated carbocycles. The highest BCUT2D eigenvalue weighted by Gasteiger charge is 2.22. The minimum Gasteiger partial charge on any atom is -0.497 e. The Kier molecular flexibility index (Phi) is 34.1. The van der Waals surface area contributed by atoms with E-state index in [4.69, 9.17) is 51.6 Å². The zero-order chi connectivity index (χ0) is 98.2. The lowest BCUT2D eigenvalue weighted by Gasteiger charge is -2.26. The summed E-state index contributed by atoms with van der Waals surface area (Å²) in [7, 11) is 3.15. The first-order chi connectivity index (χ1) is 68.8. The van der Waals surface area contributed by atoms with Gasteiger partial charge in [-0.3, -0.25) is 88.4 Å². The number of hydrogen-bond donors (Lipinski definition) is 6. The molecule has 6 amide bonds. The Morgan fingerprint density at radius 3 is 0.922 bits per heavy atom. The molecule has 0 spiro atoms. The summed E-state index contributed by atoms with van der Waals surface area (Å²) < 4.78 is 33.1. The molecular formula is C101H90Cl2N26O12. The molecule has 0 atom stereocenters. The quantitative estimate of drug-likeness (QED) is 0.0367. The molecule has 141 heavy (non-hydrogen) atoms. The maximum absolute atomic E-state index is 12.6. The molecule has 6 aromatic carbocycles. The number of carbonyl (C=O) groups is 6. The van der Waals surface area contributed by atoms with Gasteiger partial charge in [0.15, 0.2) is 0 Å². The number of hydrogen-bond acceptors (Lipinski definition) is 32. The van der Waals surface area contributed by atoms with Crippen LogP contribution in [0.15, 0.2) is 276 Å².